The predicted molar refractivity (Wildman–Crippen MR) is 100 cm³/mol. The van der Waals surface area contributed by atoms with Gasteiger partial charge in [0.05, 0.1) is 4.92 Å². The van der Waals surface area contributed by atoms with E-state index in [-0.39, 0.29) is 35.4 Å². The number of anilines is 2. The van der Waals surface area contributed by atoms with Gasteiger partial charge in [0, 0.05) is 37.3 Å². The SMILES string of the molecule is CN(C(=O)CCCC(=O)Nc1ccc(Cl)c([N+](=O)[O-])c1)c1ccccc1. The van der Waals surface area contributed by atoms with Gasteiger partial charge in [-0.25, -0.2) is 0 Å². The summed E-state index contributed by atoms with van der Waals surface area (Å²) in [7, 11) is 1.69. The Morgan fingerprint density at radius 2 is 1.85 bits per heavy atom. The monoisotopic (exact) mass is 375 g/mol. The van der Waals surface area contributed by atoms with Crippen LogP contribution in [0.15, 0.2) is 48.5 Å². The van der Waals surface area contributed by atoms with E-state index < -0.39 is 4.92 Å². The fourth-order valence-electron chi connectivity index (χ4n) is 2.32. The lowest BCUT2D eigenvalue weighted by atomic mass is 10.2. The van der Waals surface area contributed by atoms with Crippen LogP contribution in [0.3, 0.4) is 0 Å². The first-order valence-electron chi connectivity index (χ1n) is 7.94. The molecule has 2 aromatic rings. The molecular weight excluding hydrogens is 358 g/mol. The van der Waals surface area contributed by atoms with Gasteiger partial charge in [0.2, 0.25) is 11.8 Å². The number of nitrogens with zero attached hydrogens (tertiary/aromatic N) is 2. The molecule has 0 aliphatic heterocycles. The maximum atomic E-state index is 12.1. The lowest BCUT2D eigenvalue weighted by Crippen LogP contribution is -2.26. The van der Waals surface area contributed by atoms with E-state index in [1.54, 1.807) is 11.9 Å². The van der Waals surface area contributed by atoms with Gasteiger partial charge >= 0.3 is 0 Å². The average Bonchev–Trinajstić information content (AvgIpc) is 2.63. The van der Waals surface area contributed by atoms with Crippen LogP contribution >= 0.6 is 11.6 Å². The Labute approximate surface area is 155 Å². The molecule has 0 aromatic heterocycles. The molecule has 2 rings (SSSR count). The molecule has 1 N–H and O–H groups in total. The van der Waals surface area contributed by atoms with Crippen LogP contribution < -0.4 is 10.2 Å². The minimum atomic E-state index is -0.615. The van der Waals surface area contributed by atoms with Gasteiger partial charge in [-0.05, 0) is 30.7 Å². The Morgan fingerprint density at radius 3 is 2.50 bits per heavy atom. The Balaban J connectivity index is 1.83. The lowest BCUT2D eigenvalue weighted by Gasteiger charge is -2.17. The number of nitro benzene ring substituents is 1. The average molecular weight is 376 g/mol. The maximum absolute atomic E-state index is 12.1. The van der Waals surface area contributed by atoms with Crippen LogP contribution in [-0.4, -0.2) is 23.8 Å². The quantitative estimate of drug-likeness (QED) is 0.584. The highest BCUT2D eigenvalue weighted by molar-refractivity contribution is 6.32. The van der Waals surface area contributed by atoms with E-state index >= 15 is 0 Å². The highest BCUT2D eigenvalue weighted by atomic mass is 35.5. The molecule has 0 radical (unpaired) electrons. The van der Waals surface area contributed by atoms with E-state index in [4.69, 9.17) is 11.6 Å². The molecule has 26 heavy (non-hydrogen) atoms. The maximum Gasteiger partial charge on any atom is 0.289 e. The number of benzene rings is 2. The van der Waals surface area contributed by atoms with Crippen LogP contribution in [0.2, 0.25) is 5.02 Å². The van der Waals surface area contributed by atoms with Crippen molar-refractivity contribution < 1.29 is 14.5 Å². The first kappa shape index (κ1) is 19.4. The molecule has 0 bridgehead atoms. The molecule has 136 valence electrons. The van der Waals surface area contributed by atoms with E-state index in [1.807, 2.05) is 30.3 Å². The topological polar surface area (TPSA) is 92.6 Å². The zero-order valence-electron chi connectivity index (χ0n) is 14.1. The first-order chi connectivity index (χ1) is 12.4. The fraction of sp³-hybridized carbons (Fsp3) is 0.222. The number of rotatable bonds is 7. The molecule has 7 nitrogen and oxygen atoms in total. The molecule has 0 aliphatic rings. The number of hydrogen-bond acceptors (Lipinski definition) is 4. The molecule has 2 amide bonds. The number of carbonyl (C=O) groups excluding carboxylic acids is 2. The summed E-state index contributed by atoms with van der Waals surface area (Å²) in [4.78, 5) is 35.9. The minimum Gasteiger partial charge on any atom is -0.326 e. The fourth-order valence-corrected chi connectivity index (χ4v) is 2.50. The number of nitrogens with one attached hydrogen (secondary N) is 1. The van der Waals surface area contributed by atoms with Crippen LogP contribution in [0.25, 0.3) is 0 Å². The highest BCUT2D eigenvalue weighted by Gasteiger charge is 2.15. The third-order valence-corrected chi connectivity index (χ3v) is 4.06. The zero-order chi connectivity index (χ0) is 19.1. The third-order valence-electron chi connectivity index (χ3n) is 3.74. The van der Waals surface area contributed by atoms with Gasteiger partial charge in [-0.3, -0.25) is 19.7 Å². The highest BCUT2D eigenvalue weighted by Crippen LogP contribution is 2.27. The molecule has 2 aromatic carbocycles. The summed E-state index contributed by atoms with van der Waals surface area (Å²) in [5, 5.41) is 13.4. The smallest absolute Gasteiger partial charge is 0.289 e. The molecule has 0 fully saturated rings. The summed E-state index contributed by atoms with van der Waals surface area (Å²) >= 11 is 5.73. The Hall–Kier alpha value is -2.93. The minimum absolute atomic E-state index is 0.00236. The van der Waals surface area contributed by atoms with Crippen molar-refractivity contribution in [1.82, 2.24) is 0 Å². The van der Waals surface area contributed by atoms with Crippen molar-refractivity contribution in [2.75, 3.05) is 17.3 Å². The van der Waals surface area contributed by atoms with Gasteiger partial charge in [-0.2, -0.15) is 0 Å². The van der Waals surface area contributed by atoms with Gasteiger partial charge < -0.3 is 10.2 Å². The number of halogens is 1. The second-order valence-electron chi connectivity index (χ2n) is 5.61. The predicted octanol–water partition coefficient (Wildman–Crippen LogP) is 4.02. The summed E-state index contributed by atoms with van der Waals surface area (Å²) in [6.45, 7) is 0. The molecule has 0 aliphatic carbocycles. The normalized spacial score (nSPS) is 10.2. The van der Waals surface area contributed by atoms with Gasteiger partial charge in [-0.1, -0.05) is 29.8 Å². The van der Waals surface area contributed by atoms with Gasteiger partial charge in [0.15, 0.2) is 0 Å². The second-order valence-corrected chi connectivity index (χ2v) is 6.02. The van der Waals surface area contributed by atoms with Crippen molar-refractivity contribution in [1.29, 1.82) is 0 Å². The summed E-state index contributed by atoms with van der Waals surface area (Å²) < 4.78 is 0. The van der Waals surface area contributed by atoms with Crippen LogP contribution in [0.1, 0.15) is 19.3 Å². The van der Waals surface area contributed by atoms with Crippen molar-refractivity contribution in [3.05, 3.63) is 63.7 Å². The van der Waals surface area contributed by atoms with E-state index in [2.05, 4.69) is 5.32 Å². The molecule has 0 heterocycles. The Morgan fingerprint density at radius 1 is 1.15 bits per heavy atom. The van der Waals surface area contributed by atoms with Crippen molar-refractivity contribution in [2.45, 2.75) is 19.3 Å². The molecule has 0 spiro atoms. The van der Waals surface area contributed by atoms with Crippen LogP contribution in [-0.2, 0) is 9.59 Å². The number of amides is 2. The van der Waals surface area contributed by atoms with E-state index in [0.29, 0.717) is 12.1 Å². The summed E-state index contributed by atoms with van der Waals surface area (Å²) in [6, 6.07) is 13.3. The lowest BCUT2D eigenvalue weighted by molar-refractivity contribution is -0.384. The Bertz CT molecular complexity index is 811. The van der Waals surface area contributed by atoms with E-state index in [0.717, 1.165) is 5.69 Å². The van der Waals surface area contributed by atoms with E-state index in [1.165, 1.54) is 18.2 Å². The van der Waals surface area contributed by atoms with Crippen molar-refractivity contribution >= 4 is 40.5 Å². The molecule has 0 saturated heterocycles. The summed E-state index contributed by atoms with van der Waals surface area (Å²) in [6.07, 6.45) is 0.724. The van der Waals surface area contributed by atoms with Gasteiger partial charge in [-0.15, -0.1) is 0 Å². The number of para-hydroxylation sites is 1. The van der Waals surface area contributed by atoms with Gasteiger partial charge in [0.25, 0.3) is 5.69 Å². The number of hydrogen-bond donors (Lipinski definition) is 1. The van der Waals surface area contributed by atoms with Crippen LogP contribution in [0.5, 0.6) is 0 Å². The molecule has 0 unspecified atom stereocenters. The summed E-state index contributed by atoms with van der Waals surface area (Å²) in [5.41, 5.74) is 0.804. The zero-order valence-corrected chi connectivity index (χ0v) is 14.9. The Kier molecular flexibility index (Phi) is 6.68. The van der Waals surface area contributed by atoms with Gasteiger partial charge in [0.1, 0.15) is 5.02 Å². The molecule has 0 atom stereocenters. The van der Waals surface area contributed by atoms with Crippen molar-refractivity contribution in [3.63, 3.8) is 0 Å². The molecular formula is C18H18ClN3O4. The van der Waals surface area contributed by atoms with Crippen molar-refractivity contribution in [3.8, 4) is 0 Å². The van der Waals surface area contributed by atoms with Crippen LogP contribution in [0.4, 0.5) is 17.1 Å². The largest absolute Gasteiger partial charge is 0.326 e. The molecule has 8 heteroatoms. The third kappa shape index (κ3) is 5.29. The molecule has 0 saturated carbocycles. The van der Waals surface area contributed by atoms with Crippen molar-refractivity contribution in [2.24, 2.45) is 0 Å². The van der Waals surface area contributed by atoms with E-state index in [9.17, 15) is 19.7 Å². The number of carbonyl (C=O) groups is 2. The standard InChI is InChI=1S/C18H18ClN3O4/c1-21(14-6-3-2-4-7-14)18(24)9-5-8-17(23)20-13-10-11-15(19)16(12-13)22(25)26/h2-4,6-7,10-12H,5,8-9H2,1H3,(H,20,23). The summed E-state index contributed by atoms with van der Waals surface area (Å²) in [5.74, 6) is -0.414. The first-order valence-corrected chi connectivity index (χ1v) is 8.31. The number of nitro groups is 1. The second kappa shape index (κ2) is 8.96. The van der Waals surface area contributed by atoms with Crippen LogP contribution in [0, 0.1) is 10.1 Å².